The second kappa shape index (κ2) is 4.94. The van der Waals surface area contributed by atoms with E-state index in [9.17, 15) is 9.59 Å². The molecule has 2 aliphatic rings. The Labute approximate surface area is 101 Å². The number of hydrogen-bond donors (Lipinski definition) is 1. The molecule has 1 atom stereocenters. The molecule has 1 heterocycles. The summed E-state index contributed by atoms with van der Waals surface area (Å²) < 4.78 is 0. The fraction of sp³-hybridized carbons (Fsp3) is 0.833. The molecule has 0 spiro atoms. The Morgan fingerprint density at radius 1 is 1.35 bits per heavy atom. The Morgan fingerprint density at radius 2 is 2.06 bits per heavy atom. The molecule has 0 radical (unpaired) electrons. The van der Waals surface area contributed by atoms with Gasteiger partial charge in [-0.15, -0.1) is 0 Å². The summed E-state index contributed by atoms with van der Waals surface area (Å²) in [4.78, 5) is 26.6. The predicted molar refractivity (Wildman–Crippen MR) is 62.7 cm³/mol. The Hall–Kier alpha value is -1.26. The van der Waals surface area contributed by atoms with E-state index >= 15 is 0 Å². The first-order valence-corrected chi connectivity index (χ1v) is 6.41. The van der Waals surface area contributed by atoms with Crippen molar-refractivity contribution < 1.29 is 14.7 Å². The van der Waals surface area contributed by atoms with Gasteiger partial charge in [-0.1, -0.05) is 0 Å². The van der Waals surface area contributed by atoms with Gasteiger partial charge < -0.3 is 14.9 Å². The molecule has 1 aliphatic heterocycles. The van der Waals surface area contributed by atoms with Crippen LogP contribution in [-0.2, 0) is 4.79 Å². The second-order valence-electron chi connectivity index (χ2n) is 4.95. The molecule has 0 aromatic carbocycles. The number of amides is 2. The molecule has 2 fully saturated rings. The number of urea groups is 1. The summed E-state index contributed by atoms with van der Waals surface area (Å²) in [5.41, 5.74) is 0. The first-order chi connectivity index (χ1) is 8.13. The molecule has 17 heavy (non-hydrogen) atoms. The van der Waals surface area contributed by atoms with Crippen LogP contribution < -0.4 is 0 Å². The lowest BCUT2D eigenvalue weighted by Gasteiger charge is -2.29. The molecule has 1 N–H and O–H groups in total. The van der Waals surface area contributed by atoms with Crippen LogP contribution in [0.5, 0.6) is 0 Å². The number of carboxylic acid groups (broad SMARTS) is 1. The maximum Gasteiger partial charge on any atom is 0.326 e. The van der Waals surface area contributed by atoms with Gasteiger partial charge in [-0.05, 0) is 38.5 Å². The minimum atomic E-state index is -0.877. The van der Waals surface area contributed by atoms with E-state index in [1.54, 1.807) is 4.90 Å². The minimum absolute atomic E-state index is 0.0932. The summed E-state index contributed by atoms with van der Waals surface area (Å²) in [7, 11) is 0. The molecule has 0 aromatic rings. The molecule has 96 valence electrons. The molecular formula is C12H20N2O3. The van der Waals surface area contributed by atoms with Gasteiger partial charge in [0.15, 0.2) is 0 Å². The minimum Gasteiger partial charge on any atom is -0.480 e. The fourth-order valence-corrected chi connectivity index (χ4v) is 2.39. The summed E-state index contributed by atoms with van der Waals surface area (Å²) in [6.45, 7) is 3.99. The number of nitrogens with zero attached hydrogens (tertiary/aromatic N) is 2. The number of hydrogen-bond acceptors (Lipinski definition) is 2. The summed E-state index contributed by atoms with van der Waals surface area (Å²) in [5.74, 6) is -0.233. The quantitative estimate of drug-likeness (QED) is 0.807. The molecular weight excluding hydrogens is 220 g/mol. The zero-order chi connectivity index (χ0) is 12.4. The number of rotatable bonds is 4. The van der Waals surface area contributed by atoms with Gasteiger partial charge in [-0.2, -0.15) is 0 Å². The highest BCUT2D eigenvalue weighted by Gasteiger charge is 2.37. The molecule has 5 heteroatoms. The normalized spacial score (nSPS) is 23.8. The molecule has 1 saturated heterocycles. The molecule has 0 bridgehead atoms. The standard InChI is InChI=1S/C12H20N2O3/c1-2-13(8-9-5-6-9)12(17)14-7-3-4-10(14)11(15)16/h9-10H,2-8H2,1H3,(H,15,16)/t10-/m0/s1. The lowest BCUT2D eigenvalue weighted by Crippen LogP contribution is -2.48. The molecule has 1 aliphatic carbocycles. The summed E-state index contributed by atoms with van der Waals surface area (Å²) >= 11 is 0. The van der Waals surface area contributed by atoms with Crippen molar-refractivity contribution in [1.29, 1.82) is 0 Å². The van der Waals surface area contributed by atoms with Gasteiger partial charge in [0.25, 0.3) is 0 Å². The van der Waals surface area contributed by atoms with Gasteiger partial charge in [-0.3, -0.25) is 0 Å². The molecule has 0 aromatic heterocycles. The zero-order valence-electron chi connectivity index (χ0n) is 10.3. The largest absolute Gasteiger partial charge is 0.480 e. The summed E-state index contributed by atoms with van der Waals surface area (Å²) in [5, 5.41) is 9.07. The van der Waals surface area contributed by atoms with E-state index in [0.29, 0.717) is 25.4 Å². The number of carboxylic acids is 1. The van der Waals surface area contributed by atoms with Gasteiger partial charge in [0.1, 0.15) is 6.04 Å². The highest BCUT2D eigenvalue weighted by atomic mass is 16.4. The van der Waals surface area contributed by atoms with E-state index in [1.807, 2.05) is 6.92 Å². The third kappa shape index (κ3) is 2.70. The summed E-state index contributed by atoms with van der Waals surface area (Å²) in [6.07, 6.45) is 3.78. The lowest BCUT2D eigenvalue weighted by atomic mass is 10.2. The third-order valence-corrected chi connectivity index (χ3v) is 3.61. The van der Waals surface area contributed by atoms with E-state index in [-0.39, 0.29) is 6.03 Å². The van der Waals surface area contributed by atoms with Crippen LogP contribution >= 0.6 is 0 Å². The SMILES string of the molecule is CCN(CC1CC1)C(=O)N1CCC[C@H]1C(=O)O. The van der Waals surface area contributed by atoms with Crippen LogP contribution in [0.2, 0.25) is 0 Å². The second-order valence-corrected chi connectivity index (χ2v) is 4.95. The molecule has 2 rings (SSSR count). The van der Waals surface area contributed by atoms with Crippen molar-refractivity contribution in [2.45, 2.75) is 38.6 Å². The van der Waals surface area contributed by atoms with Crippen molar-refractivity contribution >= 4 is 12.0 Å². The first-order valence-electron chi connectivity index (χ1n) is 6.41. The van der Waals surface area contributed by atoms with Gasteiger partial charge in [0, 0.05) is 19.6 Å². The van der Waals surface area contributed by atoms with E-state index in [0.717, 1.165) is 13.0 Å². The Bertz CT molecular complexity index is 315. The number of aliphatic carboxylic acids is 1. The third-order valence-electron chi connectivity index (χ3n) is 3.61. The monoisotopic (exact) mass is 240 g/mol. The average Bonchev–Trinajstić information content (AvgIpc) is 2.97. The highest BCUT2D eigenvalue weighted by Crippen LogP contribution is 2.30. The van der Waals surface area contributed by atoms with Gasteiger partial charge >= 0.3 is 12.0 Å². The predicted octanol–water partition coefficient (Wildman–Crippen LogP) is 1.39. The van der Waals surface area contributed by atoms with Gasteiger partial charge in [0.2, 0.25) is 0 Å². The maximum atomic E-state index is 12.2. The number of likely N-dealkylation sites (tertiary alicyclic amines) is 1. The highest BCUT2D eigenvalue weighted by molar-refractivity contribution is 5.83. The lowest BCUT2D eigenvalue weighted by molar-refractivity contribution is -0.141. The van der Waals surface area contributed by atoms with Crippen LogP contribution in [0.3, 0.4) is 0 Å². The zero-order valence-corrected chi connectivity index (χ0v) is 10.3. The smallest absolute Gasteiger partial charge is 0.326 e. The van der Waals surface area contributed by atoms with Crippen LogP contribution in [0.25, 0.3) is 0 Å². The Morgan fingerprint density at radius 3 is 2.59 bits per heavy atom. The van der Waals surface area contributed by atoms with Crippen molar-refractivity contribution in [1.82, 2.24) is 9.80 Å². The van der Waals surface area contributed by atoms with Crippen LogP contribution in [0.1, 0.15) is 32.6 Å². The maximum absolute atomic E-state index is 12.2. The van der Waals surface area contributed by atoms with Crippen LogP contribution in [-0.4, -0.2) is 52.6 Å². The van der Waals surface area contributed by atoms with Crippen molar-refractivity contribution in [3.8, 4) is 0 Å². The topological polar surface area (TPSA) is 60.9 Å². The van der Waals surface area contributed by atoms with Gasteiger partial charge in [-0.25, -0.2) is 9.59 Å². The van der Waals surface area contributed by atoms with E-state index in [4.69, 9.17) is 5.11 Å². The van der Waals surface area contributed by atoms with Crippen molar-refractivity contribution in [2.24, 2.45) is 5.92 Å². The Kier molecular flexibility index (Phi) is 3.54. The fourth-order valence-electron chi connectivity index (χ4n) is 2.39. The molecule has 2 amide bonds. The van der Waals surface area contributed by atoms with Crippen molar-refractivity contribution in [3.63, 3.8) is 0 Å². The van der Waals surface area contributed by atoms with Crippen LogP contribution in [0.15, 0.2) is 0 Å². The molecule has 5 nitrogen and oxygen atoms in total. The average molecular weight is 240 g/mol. The number of carbonyl (C=O) groups excluding carboxylic acids is 1. The van der Waals surface area contributed by atoms with Crippen LogP contribution in [0, 0.1) is 5.92 Å². The number of carbonyl (C=O) groups is 2. The van der Waals surface area contributed by atoms with Crippen molar-refractivity contribution in [2.75, 3.05) is 19.6 Å². The van der Waals surface area contributed by atoms with E-state index in [1.165, 1.54) is 17.7 Å². The van der Waals surface area contributed by atoms with Crippen molar-refractivity contribution in [3.05, 3.63) is 0 Å². The Balaban J connectivity index is 1.98. The molecule has 1 saturated carbocycles. The van der Waals surface area contributed by atoms with E-state index in [2.05, 4.69) is 0 Å². The first kappa shape index (κ1) is 12.2. The van der Waals surface area contributed by atoms with Gasteiger partial charge in [0.05, 0.1) is 0 Å². The van der Waals surface area contributed by atoms with Crippen LogP contribution in [0.4, 0.5) is 4.79 Å². The van der Waals surface area contributed by atoms with E-state index < -0.39 is 12.0 Å². The summed E-state index contributed by atoms with van der Waals surface area (Å²) in [6, 6.07) is -0.708. The molecule has 0 unspecified atom stereocenters.